The fourth-order valence-corrected chi connectivity index (χ4v) is 2.75. The molecule has 0 saturated carbocycles. The van der Waals surface area contributed by atoms with Gasteiger partial charge in [0.05, 0.1) is 6.10 Å². The number of halogens is 1. The van der Waals surface area contributed by atoms with Gasteiger partial charge in [0, 0.05) is 19.7 Å². The van der Waals surface area contributed by atoms with Gasteiger partial charge in [0.25, 0.3) is 0 Å². The van der Waals surface area contributed by atoms with E-state index in [1.165, 1.54) is 6.07 Å². The number of hydrogen-bond acceptors (Lipinski definition) is 4. The van der Waals surface area contributed by atoms with E-state index in [0.717, 1.165) is 50.6 Å². The van der Waals surface area contributed by atoms with Gasteiger partial charge >= 0.3 is 7.12 Å². The molecule has 2 rings (SSSR count). The van der Waals surface area contributed by atoms with Crippen LogP contribution in [-0.4, -0.2) is 47.9 Å². The van der Waals surface area contributed by atoms with Gasteiger partial charge < -0.3 is 14.8 Å². The van der Waals surface area contributed by atoms with Crippen LogP contribution in [0.3, 0.4) is 0 Å². The summed E-state index contributed by atoms with van der Waals surface area (Å²) in [4.78, 5) is 2.23. The number of piperidine rings is 1. The summed E-state index contributed by atoms with van der Waals surface area (Å²) < 4.78 is 19.3. The van der Waals surface area contributed by atoms with Crippen LogP contribution >= 0.6 is 0 Å². The van der Waals surface area contributed by atoms with Crippen molar-refractivity contribution in [1.29, 1.82) is 0 Å². The predicted octanol–water partition coefficient (Wildman–Crippen LogP) is 0.897. The molecule has 1 aliphatic heterocycles. The van der Waals surface area contributed by atoms with Gasteiger partial charge in [-0.25, -0.2) is 4.39 Å². The molecule has 0 amide bonds. The van der Waals surface area contributed by atoms with Crippen molar-refractivity contribution in [2.45, 2.75) is 38.8 Å². The molecule has 1 saturated heterocycles. The smallest absolute Gasteiger partial charge is 0.423 e. The molecule has 0 aliphatic carbocycles. The number of benzene rings is 1. The van der Waals surface area contributed by atoms with Gasteiger partial charge in [0.1, 0.15) is 5.82 Å². The highest BCUT2D eigenvalue weighted by Gasteiger charge is 2.21. The standard InChI is InChI=1S/C15H23BFNO3/c1-2-6-21-15-4-3-5-18(11-15)10-12-7-13(16(19)20)9-14(17)8-12/h7-9,15,19-20H,2-6,10-11H2,1H3. The van der Waals surface area contributed by atoms with Crippen LogP contribution < -0.4 is 5.46 Å². The minimum absolute atomic E-state index is 0.195. The summed E-state index contributed by atoms with van der Waals surface area (Å²) in [6.45, 7) is 5.27. The van der Waals surface area contributed by atoms with Crippen molar-refractivity contribution in [2.75, 3.05) is 19.7 Å². The summed E-state index contributed by atoms with van der Waals surface area (Å²) in [5.41, 5.74) is 0.954. The molecule has 1 unspecified atom stereocenters. The summed E-state index contributed by atoms with van der Waals surface area (Å²) in [7, 11) is -1.64. The molecule has 0 radical (unpaired) electrons. The van der Waals surface area contributed by atoms with Crippen molar-refractivity contribution in [3.8, 4) is 0 Å². The lowest BCUT2D eigenvalue weighted by atomic mass is 9.79. The zero-order valence-electron chi connectivity index (χ0n) is 12.5. The Bertz CT molecular complexity index is 459. The molecule has 116 valence electrons. The highest BCUT2D eigenvalue weighted by atomic mass is 19.1. The molecule has 1 aromatic carbocycles. The lowest BCUT2D eigenvalue weighted by Crippen LogP contribution is -2.39. The molecule has 0 aromatic heterocycles. The molecule has 1 heterocycles. The van der Waals surface area contributed by atoms with Crippen molar-refractivity contribution in [1.82, 2.24) is 4.90 Å². The second-order valence-electron chi connectivity index (χ2n) is 5.64. The zero-order valence-corrected chi connectivity index (χ0v) is 12.5. The fraction of sp³-hybridized carbons (Fsp3) is 0.600. The largest absolute Gasteiger partial charge is 0.488 e. The van der Waals surface area contributed by atoms with Crippen LogP contribution in [0, 0.1) is 5.82 Å². The maximum Gasteiger partial charge on any atom is 0.488 e. The normalized spacial score (nSPS) is 19.7. The van der Waals surface area contributed by atoms with E-state index in [9.17, 15) is 14.4 Å². The predicted molar refractivity (Wildman–Crippen MR) is 80.8 cm³/mol. The minimum atomic E-state index is -1.64. The molecule has 1 aliphatic rings. The highest BCUT2D eigenvalue weighted by Crippen LogP contribution is 2.16. The van der Waals surface area contributed by atoms with Crippen LogP contribution in [-0.2, 0) is 11.3 Å². The van der Waals surface area contributed by atoms with Gasteiger partial charge in [0.15, 0.2) is 0 Å². The van der Waals surface area contributed by atoms with E-state index in [0.29, 0.717) is 6.54 Å². The summed E-state index contributed by atoms with van der Waals surface area (Å²) in [5.74, 6) is -0.439. The van der Waals surface area contributed by atoms with E-state index in [1.807, 2.05) is 0 Å². The van der Waals surface area contributed by atoms with Gasteiger partial charge in [-0.15, -0.1) is 0 Å². The number of likely N-dealkylation sites (tertiary alicyclic amines) is 1. The van der Waals surface area contributed by atoms with Crippen molar-refractivity contribution in [3.05, 3.63) is 29.6 Å². The van der Waals surface area contributed by atoms with Gasteiger partial charge in [0.2, 0.25) is 0 Å². The molecule has 0 spiro atoms. The summed E-state index contributed by atoms with van der Waals surface area (Å²) in [5, 5.41) is 18.3. The van der Waals surface area contributed by atoms with Crippen molar-refractivity contribution in [3.63, 3.8) is 0 Å². The molecule has 1 aromatic rings. The summed E-state index contributed by atoms with van der Waals surface area (Å²) in [6.07, 6.45) is 3.40. The van der Waals surface area contributed by atoms with Crippen LogP contribution in [0.2, 0.25) is 0 Å². The Kier molecular flexibility index (Phi) is 6.17. The average Bonchev–Trinajstić information content (AvgIpc) is 2.45. The first-order chi connectivity index (χ1) is 10.1. The first-order valence-electron chi connectivity index (χ1n) is 7.58. The molecule has 1 fully saturated rings. The Morgan fingerprint density at radius 1 is 1.38 bits per heavy atom. The molecular weight excluding hydrogens is 272 g/mol. The van der Waals surface area contributed by atoms with Crippen molar-refractivity contribution < 1.29 is 19.2 Å². The van der Waals surface area contributed by atoms with E-state index in [2.05, 4.69) is 11.8 Å². The molecule has 21 heavy (non-hydrogen) atoms. The zero-order chi connectivity index (χ0) is 15.2. The maximum atomic E-state index is 13.5. The number of ether oxygens (including phenoxy) is 1. The van der Waals surface area contributed by atoms with Crippen molar-refractivity contribution in [2.24, 2.45) is 0 Å². The second-order valence-corrected chi connectivity index (χ2v) is 5.64. The Hall–Kier alpha value is -0.945. The van der Waals surface area contributed by atoms with Crippen molar-refractivity contribution >= 4 is 12.6 Å². The number of rotatable bonds is 6. The van der Waals surface area contributed by atoms with Crippen LogP contribution in [0.4, 0.5) is 4.39 Å². The van der Waals surface area contributed by atoms with Crippen LogP contribution in [0.15, 0.2) is 18.2 Å². The Morgan fingerprint density at radius 2 is 2.19 bits per heavy atom. The average molecular weight is 295 g/mol. The highest BCUT2D eigenvalue weighted by molar-refractivity contribution is 6.58. The van der Waals surface area contributed by atoms with E-state index >= 15 is 0 Å². The third kappa shape index (κ3) is 5.07. The van der Waals surface area contributed by atoms with Crippen LogP contribution in [0.1, 0.15) is 31.7 Å². The summed E-state index contributed by atoms with van der Waals surface area (Å²) in [6, 6.07) is 4.24. The fourth-order valence-electron chi connectivity index (χ4n) is 2.75. The maximum absolute atomic E-state index is 13.5. The first-order valence-corrected chi connectivity index (χ1v) is 7.58. The molecule has 6 heteroatoms. The second kappa shape index (κ2) is 7.89. The topological polar surface area (TPSA) is 52.9 Å². The van der Waals surface area contributed by atoms with Gasteiger partial charge in [-0.05, 0) is 49.0 Å². The monoisotopic (exact) mass is 295 g/mol. The SMILES string of the molecule is CCCOC1CCCN(Cc2cc(F)cc(B(O)O)c2)C1. The third-order valence-electron chi connectivity index (χ3n) is 3.70. The van der Waals surface area contributed by atoms with Crippen LogP contribution in [0.25, 0.3) is 0 Å². The molecule has 2 N–H and O–H groups in total. The molecular formula is C15H23BFNO3. The Labute approximate surface area is 125 Å². The molecule has 0 bridgehead atoms. The minimum Gasteiger partial charge on any atom is -0.423 e. The van der Waals surface area contributed by atoms with Gasteiger partial charge in [-0.3, -0.25) is 4.90 Å². The van der Waals surface area contributed by atoms with E-state index in [-0.39, 0.29) is 11.6 Å². The van der Waals surface area contributed by atoms with E-state index in [1.54, 1.807) is 6.07 Å². The van der Waals surface area contributed by atoms with E-state index < -0.39 is 12.9 Å². The van der Waals surface area contributed by atoms with Gasteiger partial charge in [-0.2, -0.15) is 0 Å². The summed E-state index contributed by atoms with van der Waals surface area (Å²) >= 11 is 0. The Morgan fingerprint density at radius 3 is 2.90 bits per heavy atom. The van der Waals surface area contributed by atoms with Gasteiger partial charge in [-0.1, -0.05) is 13.0 Å². The third-order valence-corrected chi connectivity index (χ3v) is 3.70. The number of nitrogens with zero attached hydrogens (tertiary/aromatic N) is 1. The molecule has 4 nitrogen and oxygen atoms in total. The number of hydrogen-bond donors (Lipinski definition) is 2. The lowest BCUT2D eigenvalue weighted by molar-refractivity contribution is -0.00224. The quantitative estimate of drug-likeness (QED) is 0.766. The Balaban J connectivity index is 1.97. The lowest BCUT2D eigenvalue weighted by Gasteiger charge is -2.32. The van der Waals surface area contributed by atoms with Crippen LogP contribution in [0.5, 0.6) is 0 Å². The van der Waals surface area contributed by atoms with E-state index in [4.69, 9.17) is 4.74 Å². The molecule has 1 atom stereocenters. The first kappa shape index (κ1) is 16.4.